The number of nitrogens with two attached hydrogens (primary N) is 1. The summed E-state index contributed by atoms with van der Waals surface area (Å²) in [6.45, 7) is 1.01. The van der Waals surface area contributed by atoms with Gasteiger partial charge in [0.15, 0.2) is 5.82 Å². The second-order valence-electron chi connectivity index (χ2n) is 4.82. The molecule has 1 aliphatic carbocycles. The third kappa shape index (κ3) is 4.43. The van der Waals surface area contributed by atoms with Crippen LogP contribution >= 0.6 is 0 Å². The first-order chi connectivity index (χ1) is 9.79. The number of carbonyl (C=O) groups excluding carboxylic acids is 1. The highest BCUT2D eigenvalue weighted by Gasteiger charge is 2.13. The van der Waals surface area contributed by atoms with Gasteiger partial charge in [0.25, 0.3) is 5.91 Å². The van der Waals surface area contributed by atoms with Gasteiger partial charge < -0.3 is 15.5 Å². The molecule has 1 aromatic heterocycles. The van der Waals surface area contributed by atoms with Gasteiger partial charge in [-0.2, -0.15) is 0 Å². The van der Waals surface area contributed by atoms with Crippen LogP contribution in [0.4, 0.5) is 5.82 Å². The van der Waals surface area contributed by atoms with E-state index in [2.05, 4.69) is 20.7 Å². The van der Waals surface area contributed by atoms with Crippen LogP contribution in [-0.2, 0) is 4.74 Å². The van der Waals surface area contributed by atoms with E-state index in [1.165, 1.54) is 31.7 Å². The maximum Gasteiger partial charge on any atom is 0.271 e. The highest BCUT2D eigenvalue weighted by molar-refractivity contribution is 5.91. The number of nitrogen functional groups attached to an aromatic ring is 1. The molecule has 7 nitrogen and oxygen atoms in total. The molecule has 0 bridgehead atoms. The fourth-order valence-electron chi connectivity index (χ4n) is 2.23. The van der Waals surface area contributed by atoms with Gasteiger partial charge in [-0.25, -0.2) is 15.8 Å². The van der Waals surface area contributed by atoms with Crippen molar-refractivity contribution in [3.8, 4) is 0 Å². The lowest BCUT2D eigenvalue weighted by molar-refractivity contribution is 0.0299. The lowest BCUT2D eigenvalue weighted by Crippen LogP contribution is -2.30. The lowest BCUT2D eigenvalue weighted by atomic mass is 9.98. The highest BCUT2D eigenvalue weighted by Crippen LogP contribution is 2.19. The minimum absolute atomic E-state index is 0.256. The summed E-state index contributed by atoms with van der Waals surface area (Å²) in [7, 11) is 0. The summed E-state index contributed by atoms with van der Waals surface area (Å²) in [5, 5.41) is 2.76. The van der Waals surface area contributed by atoms with Crippen molar-refractivity contribution in [3.63, 3.8) is 0 Å². The quantitative estimate of drug-likeness (QED) is 0.405. The normalized spacial score (nSPS) is 15.8. The Morgan fingerprint density at radius 3 is 2.75 bits per heavy atom. The maximum atomic E-state index is 11.8. The zero-order valence-electron chi connectivity index (χ0n) is 11.5. The highest BCUT2D eigenvalue weighted by atomic mass is 16.5. The van der Waals surface area contributed by atoms with E-state index in [-0.39, 0.29) is 11.6 Å². The van der Waals surface area contributed by atoms with Crippen molar-refractivity contribution in [1.82, 2.24) is 15.3 Å². The van der Waals surface area contributed by atoms with Crippen molar-refractivity contribution in [2.45, 2.75) is 38.2 Å². The number of aromatic nitrogens is 2. The van der Waals surface area contributed by atoms with Crippen LogP contribution in [0.15, 0.2) is 12.4 Å². The first-order valence-corrected chi connectivity index (χ1v) is 6.98. The van der Waals surface area contributed by atoms with Gasteiger partial charge >= 0.3 is 0 Å². The van der Waals surface area contributed by atoms with E-state index in [9.17, 15) is 4.79 Å². The SMILES string of the molecule is NNc1cnc(C(=O)NCCOC2CCCCC2)cn1. The predicted octanol–water partition coefficient (Wildman–Crippen LogP) is 0.841. The Bertz CT molecular complexity index is 417. The van der Waals surface area contributed by atoms with Crippen LogP contribution in [0.3, 0.4) is 0 Å². The Morgan fingerprint density at radius 2 is 2.10 bits per heavy atom. The third-order valence-corrected chi connectivity index (χ3v) is 3.33. The van der Waals surface area contributed by atoms with Crippen LogP contribution in [0.1, 0.15) is 42.6 Å². The molecule has 1 fully saturated rings. The first-order valence-electron chi connectivity index (χ1n) is 6.98. The summed E-state index contributed by atoms with van der Waals surface area (Å²) in [6.07, 6.45) is 9.21. The van der Waals surface area contributed by atoms with Gasteiger partial charge in [-0.3, -0.25) is 4.79 Å². The number of amides is 1. The number of anilines is 1. The topological polar surface area (TPSA) is 102 Å². The molecule has 7 heteroatoms. The molecule has 110 valence electrons. The number of ether oxygens (including phenoxy) is 1. The van der Waals surface area contributed by atoms with Gasteiger partial charge in [0.05, 0.1) is 25.1 Å². The van der Waals surface area contributed by atoms with Gasteiger partial charge in [-0.05, 0) is 12.8 Å². The molecular weight excluding hydrogens is 258 g/mol. The zero-order chi connectivity index (χ0) is 14.2. The Hall–Kier alpha value is -1.73. The van der Waals surface area contributed by atoms with Crippen LogP contribution in [-0.4, -0.2) is 35.1 Å². The molecule has 0 unspecified atom stereocenters. The van der Waals surface area contributed by atoms with Crippen molar-refractivity contribution in [2.24, 2.45) is 5.84 Å². The molecule has 20 heavy (non-hydrogen) atoms. The van der Waals surface area contributed by atoms with Gasteiger partial charge in [-0.15, -0.1) is 0 Å². The number of rotatable bonds is 6. The van der Waals surface area contributed by atoms with Crippen LogP contribution < -0.4 is 16.6 Å². The van der Waals surface area contributed by atoms with E-state index < -0.39 is 0 Å². The number of nitrogens with one attached hydrogen (secondary N) is 2. The standard InChI is InChI=1S/C13H21N5O2/c14-18-12-9-16-11(8-17-12)13(19)15-6-7-20-10-4-2-1-3-5-10/h8-10H,1-7,14H2,(H,15,19)(H,17,18). The monoisotopic (exact) mass is 279 g/mol. The average molecular weight is 279 g/mol. The molecule has 0 saturated heterocycles. The minimum atomic E-state index is -0.256. The second kappa shape index (κ2) is 7.76. The van der Waals surface area contributed by atoms with E-state index in [0.29, 0.717) is 25.1 Å². The van der Waals surface area contributed by atoms with Crippen molar-refractivity contribution in [3.05, 3.63) is 18.1 Å². The van der Waals surface area contributed by atoms with Crippen LogP contribution in [0, 0.1) is 0 Å². The van der Waals surface area contributed by atoms with E-state index in [1.54, 1.807) is 0 Å². The molecule has 0 atom stereocenters. The van der Waals surface area contributed by atoms with Crippen LogP contribution in [0.25, 0.3) is 0 Å². The van der Waals surface area contributed by atoms with E-state index in [4.69, 9.17) is 10.6 Å². The van der Waals surface area contributed by atoms with Crippen LogP contribution in [0.5, 0.6) is 0 Å². The van der Waals surface area contributed by atoms with E-state index in [1.807, 2.05) is 0 Å². The van der Waals surface area contributed by atoms with Gasteiger partial charge in [0, 0.05) is 6.54 Å². The fraction of sp³-hybridized carbons (Fsp3) is 0.615. The fourth-order valence-corrected chi connectivity index (χ4v) is 2.23. The molecular formula is C13H21N5O2. The van der Waals surface area contributed by atoms with E-state index >= 15 is 0 Å². The zero-order valence-corrected chi connectivity index (χ0v) is 11.5. The van der Waals surface area contributed by atoms with Crippen molar-refractivity contribution < 1.29 is 9.53 Å². The summed E-state index contributed by atoms with van der Waals surface area (Å²) in [6, 6.07) is 0. The molecule has 1 heterocycles. The Balaban J connectivity index is 1.66. The lowest BCUT2D eigenvalue weighted by Gasteiger charge is -2.21. The predicted molar refractivity (Wildman–Crippen MR) is 75.0 cm³/mol. The minimum Gasteiger partial charge on any atom is -0.376 e. The summed E-state index contributed by atoms with van der Waals surface area (Å²) >= 11 is 0. The van der Waals surface area contributed by atoms with Crippen molar-refractivity contribution >= 4 is 11.7 Å². The largest absolute Gasteiger partial charge is 0.376 e. The molecule has 4 N–H and O–H groups in total. The van der Waals surface area contributed by atoms with E-state index in [0.717, 1.165) is 12.8 Å². The summed E-state index contributed by atoms with van der Waals surface area (Å²) in [5.41, 5.74) is 2.62. The molecule has 2 rings (SSSR count). The molecule has 0 aromatic carbocycles. The average Bonchev–Trinajstić information content (AvgIpc) is 2.52. The van der Waals surface area contributed by atoms with Crippen LogP contribution in [0.2, 0.25) is 0 Å². The second-order valence-corrected chi connectivity index (χ2v) is 4.82. The molecule has 1 saturated carbocycles. The summed E-state index contributed by atoms with van der Waals surface area (Å²) < 4.78 is 5.73. The number of hydrogen-bond donors (Lipinski definition) is 3. The Kier molecular flexibility index (Phi) is 5.69. The Morgan fingerprint density at radius 1 is 1.30 bits per heavy atom. The van der Waals surface area contributed by atoms with Gasteiger partial charge in [0.1, 0.15) is 5.69 Å². The van der Waals surface area contributed by atoms with Crippen molar-refractivity contribution in [1.29, 1.82) is 0 Å². The van der Waals surface area contributed by atoms with Crippen molar-refractivity contribution in [2.75, 3.05) is 18.6 Å². The summed E-state index contributed by atoms with van der Waals surface area (Å²) in [4.78, 5) is 19.7. The van der Waals surface area contributed by atoms with Gasteiger partial charge in [-0.1, -0.05) is 19.3 Å². The maximum absolute atomic E-state index is 11.8. The number of hydrogen-bond acceptors (Lipinski definition) is 6. The molecule has 0 radical (unpaired) electrons. The Labute approximate surface area is 118 Å². The number of nitrogens with zero attached hydrogens (tertiary/aromatic N) is 2. The molecule has 1 aliphatic rings. The summed E-state index contributed by atoms with van der Waals surface area (Å²) in [5.74, 6) is 5.34. The number of carbonyl (C=O) groups is 1. The van der Waals surface area contributed by atoms with Gasteiger partial charge in [0.2, 0.25) is 0 Å². The smallest absolute Gasteiger partial charge is 0.271 e. The molecule has 0 aliphatic heterocycles. The molecule has 1 aromatic rings. The number of hydrazine groups is 1. The molecule has 0 spiro atoms. The first kappa shape index (κ1) is 14.7. The third-order valence-electron chi connectivity index (χ3n) is 3.33. The molecule has 1 amide bonds.